The molecule has 84 valence electrons. The maximum atomic E-state index is 11.8. The van der Waals surface area contributed by atoms with Gasteiger partial charge in [0, 0.05) is 18.1 Å². The molecule has 16 heavy (non-hydrogen) atoms. The molecule has 1 amide bonds. The van der Waals surface area contributed by atoms with Crippen molar-refractivity contribution in [1.29, 1.82) is 0 Å². The highest BCUT2D eigenvalue weighted by Gasteiger charge is 2.10. The number of aryl methyl sites for hydroxylation is 1. The minimum atomic E-state index is -0.104. The van der Waals surface area contributed by atoms with Gasteiger partial charge in [-0.25, -0.2) is 0 Å². The second-order valence-corrected chi connectivity index (χ2v) is 4.56. The second-order valence-electron chi connectivity index (χ2n) is 3.53. The number of nitrogens with one attached hydrogen (secondary N) is 1. The highest BCUT2D eigenvalue weighted by molar-refractivity contribution is 7.09. The quantitative estimate of drug-likeness (QED) is 0.849. The average Bonchev–Trinajstić information content (AvgIpc) is 2.84. The van der Waals surface area contributed by atoms with Crippen LogP contribution in [0.1, 0.15) is 15.4 Å². The molecule has 0 atom stereocenters. The van der Waals surface area contributed by atoms with Crippen molar-refractivity contribution >= 4 is 22.9 Å². The van der Waals surface area contributed by atoms with Crippen molar-refractivity contribution in [2.75, 3.05) is 5.73 Å². The van der Waals surface area contributed by atoms with Crippen LogP contribution in [0.2, 0.25) is 0 Å². The van der Waals surface area contributed by atoms with Gasteiger partial charge in [0.25, 0.3) is 5.91 Å². The Morgan fingerprint density at radius 3 is 3.00 bits per heavy atom. The average molecular weight is 235 g/mol. The number of hydrogen-bond donors (Lipinski definition) is 2. The van der Waals surface area contributed by atoms with Gasteiger partial charge < -0.3 is 15.6 Å². The number of hydrogen-bond acceptors (Lipinski definition) is 3. The zero-order valence-electron chi connectivity index (χ0n) is 8.93. The Kier molecular flexibility index (Phi) is 2.96. The number of carbonyl (C=O) groups is 1. The van der Waals surface area contributed by atoms with Gasteiger partial charge in [-0.2, -0.15) is 0 Å². The standard InChI is InChI=1S/C11H13N3OS/c1-14-7-8(12)5-10(14)11(15)13-6-9-3-2-4-16-9/h2-5,7H,6,12H2,1H3,(H,13,15). The van der Waals surface area contributed by atoms with E-state index >= 15 is 0 Å². The molecule has 2 aromatic heterocycles. The summed E-state index contributed by atoms with van der Waals surface area (Å²) in [6.07, 6.45) is 1.72. The summed E-state index contributed by atoms with van der Waals surface area (Å²) in [6.45, 7) is 0.557. The maximum absolute atomic E-state index is 11.8. The predicted molar refractivity (Wildman–Crippen MR) is 65.3 cm³/mol. The van der Waals surface area contributed by atoms with E-state index in [9.17, 15) is 4.79 Å². The Balaban J connectivity index is 2.01. The van der Waals surface area contributed by atoms with Crippen LogP contribution in [0.15, 0.2) is 29.8 Å². The van der Waals surface area contributed by atoms with Gasteiger partial charge in [-0.05, 0) is 17.5 Å². The number of thiophene rings is 1. The normalized spacial score (nSPS) is 10.3. The van der Waals surface area contributed by atoms with Crippen LogP contribution in [0, 0.1) is 0 Å². The molecule has 0 fully saturated rings. The molecular weight excluding hydrogens is 222 g/mol. The largest absolute Gasteiger partial charge is 0.397 e. The van der Waals surface area contributed by atoms with Crippen LogP contribution in [-0.2, 0) is 13.6 Å². The van der Waals surface area contributed by atoms with E-state index in [0.29, 0.717) is 17.9 Å². The van der Waals surface area contributed by atoms with Crippen LogP contribution in [0.4, 0.5) is 5.69 Å². The number of nitrogen functional groups attached to an aromatic ring is 1. The Labute approximate surface area is 97.7 Å². The number of amides is 1. The third-order valence-electron chi connectivity index (χ3n) is 2.26. The zero-order chi connectivity index (χ0) is 11.5. The molecule has 0 saturated heterocycles. The van der Waals surface area contributed by atoms with Crippen LogP contribution >= 0.6 is 11.3 Å². The Hall–Kier alpha value is -1.75. The van der Waals surface area contributed by atoms with Crippen molar-refractivity contribution in [2.24, 2.45) is 7.05 Å². The minimum absolute atomic E-state index is 0.104. The minimum Gasteiger partial charge on any atom is -0.397 e. The Morgan fingerprint density at radius 1 is 1.62 bits per heavy atom. The lowest BCUT2D eigenvalue weighted by molar-refractivity contribution is 0.0943. The van der Waals surface area contributed by atoms with Crippen molar-refractivity contribution in [3.8, 4) is 0 Å². The first-order valence-corrected chi connectivity index (χ1v) is 5.77. The Bertz CT molecular complexity index is 487. The summed E-state index contributed by atoms with van der Waals surface area (Å²) in [5.74, 6) is -0.104. The molecule has 0 radical (unpaired) electrons. The van der Waals surface area contributed by atoms with Gasteiger partial charge in [-0.1, -0.05) is 6.07 Å². The van der Waals surface area contributed by atoms with E-state index in [2.05, 4.69) is 5.32 Å². The monoisotopic (exact) mass is 235 g/mol. The molecule has 0 saturated carbocycles. The van der Waals surface area contributed by atoms with Crippen LogP contribution < -0.4 is 11.1 Å². The van der Waals surface area contributed by atoms with Crippen LogP contribution in [0.5, 0.6) is 0 Å². The summed E-state index contributed by atoms with van der Waals surface area (Å²) in [7, 11) is 1.80. The lowest BCUT2D eigenvalue weighted by Gasteiger charge is -2.04. The van der Waals surface area contributed by atoms with Crippen LogP contribution in [0.3, 0.4) is 0 Å². The fourth-order valence-electron chi connectivity index (χ4n) is 1.49. The third kappa shape index (κ3) is 2.25. The van der Waals surface area contributed by atoms with Crippen molar-refractivity contribution in [3.05, 3.63) is 40.3 Å². The molecule has 2 aromatic rings. The fraction of sp³-hybridized carbons (Fsp3) is 0.182. The summed E-state index contributed by atoms with van der Waals surface area (Å²) >= 11 is 1.62. The first-order chi connectivity index (χ1) is 7.66. The predicted octanol–water partition coefficient (Wildman–Crippen LogP) is 1.60. The van der Waals surface area contributed by atoms with E-state index in [1.54, 1.807) is 35.2 Å². The lowest BCUT2D eigenvalue weighted by Crippen LogP contribution is -2.24. The van der Waals surface area contributed by atoms with Gasteiger partial charge in [0.2, 0.25) is 0 Å². The van der Waals surface area contributed by atoms with Crippen LogP contribution in [-0.4, -0.2) is 10.5 Å². The summed E-state index contributed by atoms with van der Waals surface area (Å²) in [4.78, 5) is 12.9. The highest BCUT2D eigenvalue weighted by Crippen LogP contribution is 2.10. The molecule has 0 aliphatic rings. The molecule has 3 N–H and O–H groups in total. The molecule has 4 nitrogen and oxygen atoms in total. The molecular formula is C11H13N3OS. The Morgan fingerprint density at radius 2 is 2.44 bits per heavy atom. The molecule has 2 rings (SSSR count). The number of nitrogens with zero attached hydrogens (tertiary/aromatic N) is 1. The second kappa shape index (κ2) is 4.40. The molecule has 0 spiro atoms. The molecule has 0 aliphatic heterocycles. The van der Waals surface area contributed by atoms with Crippen molar-refractivity contribution in [1.82, 2.24) is 9.88 Å². The molecule has 0 aliphatic carbocycles. The van der Waals surface area contributed by atoms with Gasteiger partial charge in [0.1, 0.15) is 5.69 Å². The van der Waals surface area contributed by atoms with Gasteiger partial charge >= 0.3 is 0 Å². The molecule has 0 bridgehead atoms. The number of nitrogens with two attached hydrogens (primary N) is 1. The fourth-order valence-corrected chi connectivity index (χ4v) is 2.13. The van der Waals surface area contributed by atoms with Crippen LogP contribution in [0.25, 0.3) is 0 Å². The van der Waals surface area contributed by atoms with E-state index in [-0.39, 0.29) is 5.91 Å². The summed E-state index contributed by atoms with van der Waals surface area (Å²) in [5, 5.41) is 4.84. The van der Waals surface area contributed by atoms with Crippen molar-refractivity contribution in [3.63, 3.8) is 0 Å². The first-order valence-electron chi connectivity index (χ1n) is 4.89. The summed E-state index contributed by atoms with van der Waals surface area (Å²) in [6, 6.07) is 5.63. The summed E-state index contributed by atoms with van der Waals surface area (Å²) in [5.41, 5.74) is 6.79. The van der Waals surface area contributed by atoms with Crippen molar-refractivity contribution in [2.45, 2.75) is 6.54 Å². The smallest absolute Gasteiger partial charge is 0.268 e. The topological polar surface area (TPSA) is 60.0 Å². The number of anilines is 1. The first kappa shape index (κ1) is 10.8. The van der Waals surface area contributed by atoms with Gasteiger partial charge in [-0.3, -0.25) is 4.79 Å². The third-order valence-corrected chi connectivity index (χ3v) is 3.14. The maximum Gasteiger partial charge on any atom is 0.268 e. The molecule has 2 heterocycles. The molecule has 0 aromatic carbocycles. The van der Waals surface area contributed by atoms with Gasteiger partial charge in [0.05, 0.1) is 12.2 Å². The van der Waals surface area contributed by atoms with E-state index < -0.39 is 0 Å². The van der Waals surface area contributed by atoms with E-state index in [1.165, 1.54) is 0 Å². The molecule has 5 heteroatoms. The SMILES string of the molecule is Cn1cc(N)cc1C(=O)NCc1cccs1. The van der Waals surface area contributed by atoms with E-state index in [0.717, 1.165) is 4.88 Å². The number of aromatic nitrogens is 1. The van der Waals surface area contributed by atoms with E-state index in [4.69, 9.17) is 5.73 Å². The van der Waals surface area contributed by atoms with E-state index in [1.807, 2.05) is 17.5 Å². The number of rotatable bonds is 3. The summed E-state index contributed by atoms with van der Waals surface area (Å²) < 4.78 is 1.72. The van der Waals surface area contributed by atoms with Gasteiger partial charge in [-0.15, -0.1) is 11.3 Å². The highest BCUT2D eigenvalue weighted by atomic mass is 32.1. The molecule has 0 unspecified atom stereocenters. The lowest BCUT2D eigenvalue weighted by atomic mass is 10.3. The van der Waals surface area contributed by atoms with Gasteiger partial charge in [0.15, 0.2) is 0 Å². The van der Waals surface area contributed by atoms with Crippen molar-refractivity contribution < 1.29 is 4.79 Å². The number of carbonyl (C=O) groups excluding carboxylic acids is 1. The zero-order valence-corrected chi connectivity index (χ0v) is 9.75.